The lowest BCUT2D eigenvalue weighted by Crippen LogP contribution is -2.52. The van der Waals surface area contributed by atoms with Crippen molar-refractivity contribution in [3.05, 3.63) is 84.0 Å². The van der Waals surface area contributed by atoms with Crippen molar-refractivity contribution >= 4 is 69.4 Å². The van der Waals surface area contributed by atoms with Crippen molar-refractivity contribution in [2.24, 2.45) is 11.8 Å². The highest BCUT2D eigenvalue weighted by molar-refractivity contribution is 7.10. The Bertz CT molecular complexity index is 1640. The summed E-state index contributed by atoms with van der Waals surface area (Å²) in [6.07, 6.45) is 2.05. The van der Waals surface area contributed by atoms with Crippen LogP contribution in [0.2, 0.25) is 10.0 Å². The van der Waals surface area contributed by atoms with Crippen molar-refractivity contribution in [1.29, 1.82) is 0 Å². The molecule has 10 nitrogen and oxygen atoms in total. The topological polar surface area (TPSA) is 131 Å². The van der Waals surface area contributed by atoms with Crippen LogP contribution in [0.1, 0.15) is 46.5 Å². The van der Waals surface area contributed by atoms with Crippen LogP contribution in [0.5, 0.6) is 0 Å². The SMILES string of the molecule is COC(=O)c1ccc(NC(=O)[C@@H]2[C@H](C)N(CC3CC3)[C@@]3(C(=O)Nc4cc(Cl)ccc43)[C@H]2c2cc(Cl)cs2)c([N+](=O)[O-])c1. The van der Waals surface area contributed by atoms with Crippen LogP contribution in [0.4, 0.5) is 17.1 Å². The number of benzene rings is 2. The van der Waals surface area contributed by atoms with Gasteiger partial charge in [0.2, 0.25) is 11.8 Å². The first kappa shape index (κ1) is 28.6. The minimum Gasteiger partial charge on any atom is -0.465 e. The molecule has 1 spiro atoms. The number of nitrogens with zero attached hydrogens (tertiary/aromatic N) is 2. The molecule has 0 unspecified atom stereocenters. The number of ether oxygens (including phenoxy) is 1. The quantitative estimate of drug-likeness (QED) is 0.185. The molecule has 2 N–H and O–H groups in total. The van der Waals surface area contributed by atoms with E-state index in [2.05, 4.69) is 15.5 Å². The van der Waals surface area contributed by atoms with Crippen molar-refractivity contribution in [2.75, 3.05) is 24.3 Å². The van der Waals surface area contributed by atoms with E-state index in [1.54, 1.807) is 23.6 Å². The Morgan fingerprint density at radius 2 is 1.95 bits per heavy atom. The second-order valence-electron chi connectivity index (χ2n) is 10.9. The number of fused-ring (bicyclic) bond motifs is 2. The second kappa shape index (κ2) is 10.6. The van der Waals surface area contributed by atoms with E-state index < -0.39 is 45.9 Å². The first-order valence-electron chi connectivity index (χ1n) is 13.4. The third kappa shape index (κ3) is 4.55. The number of halogens is 2. The van der Waals surface area contributed by atoms with Crippen LogP contribution >= 0.6 is 34.5 Å². The van der Waals surface area contributed by atoms with Gasteiger partial charge in [0, 0.05) is 51.1 Å². The van der Waals surface area contributed by atoms with E-state index in [1.165, 1.54) is 30.6 Å². The number of anilines is 2. The number of thiophene rings is 1. The summed E-state index contributed by atoms with van der Waals surface area (Å²) < 4.78 is 4.69. The highest BCUT2D eigenvalue weighted by Gasteiger charge is 2.68. The number of carbonyl (C=O) groups excluding carboxylic acids is 3. The number of rotatable bonds is 7. The van der Waals surface area contributed by atoms with Crippen LogP contribution in [0, 0.1) is 22.0 Å². The number of esters is 1. The van der Waals surface area contributed by atoms with Crippen molar-refractivity contribution in [3.8, 4) is 0 Å². The van der Waals surface area contributed by atoms with Crippen LogP contribution < -0.4 is 10.6 Å². The number of hydrogen-bond donors (Lipinski definition) is 2. The van der Waals surface area contributed by atoms with E-state index in [0.717, 1.165) is 29.3 Å². The molecule has 3 heterocycles. The molecule has 2 aliphatic heterocycles. The summed E-state index contributed by atoms with van der Waals surface area (Å²) in [6, 6.07) is 10.4. The average molecular weight is 630 g/mol. The zero-order valence-corrected chi connectivity index (χ0v) is 24.9. The van der Waals surface area contributed by atoms with Gasteiger partial charge in [-0.1, -0.05) is 29.3 Å². The van der Waals surface area contributed by atoms with Crippen molar-refractivity contribution < 1.29 is 24.0 Å². The molecule has 3 aliphatic rings. The van der Waals surface area contributed by atoms with Crippen LogP contribution in [-0.4, -0.2) is 47.3 Å². The van der Waals surface area contributed by atoms with Crippen molar-refractivity contribution in [3.63, 3.8) is 0 Å². The maximum absolute atomic E-state index is 14.3. The maximum atomic E-state index is 14.3. The first-order chi connectivity index (χ1) is 20.1. The number of nitro groups is 1. The highest BCUT2D eigenvalue weighted by Crippen LogP contribution is 2.61. The summed E-state index contributed by atoms with van der Waals surface area (Å²) in [5, 5.41) is 20.4. The Morgan fingerprint density at radius 3 is 2.60 bits per heavy atom. The average Bonchev–Trinajstić information content (AvgIpc) is 3.53. The normalized spacial score (nSPS) is 24.9. The van der Waals surface area contributed by atoms with Gasteiger partial charge in [-0.2, -0.15) is 0 Å². The van der Waals surface area contributed by atoms with Crippen LogP contribution in [0.15, 0.2) is 47.8 Å². The fourth-order valence-corrected chi connectivity index (χ4v) is 7.96. The predicted molar refractivity (Wildman–Crippen MR) is 159 cm³/mol. The number of amides is 2. The van der Waals surface area contributed by atoms with Gasteiger partial charge in [0.05, 0.1) is 28.5 Å². The Labute approximate surface area is 255 Å². The number of methoxy groups -OCH3 is 1. The number of hydrogen-bond acceptors (Lipinski definition) is 8. The molecule has 3 aromatic rings. The highest BCUT2D eigenvalue weighted by atomic mass is 35.5. The van der Waals surface area contributed by atoms with E-state index in [9.17, 15) is 24.5 Å². The zero-order valence-electron chi connectivity index (χ0n) is 22.6. The molecule has 1 aliphatic carbocycles. The predicted octanol–water partition coefficient (Wildman–Crippen LogP) is 6.05. The fraction of sp³-hybridized carbons (Fsp3) is 0.345. The molecule has 13 heteroatoms. The van der Waals surface area contributed by atoms with Gasteiger partial charge in [-0.05, 0) is 56.0 Å². The summed E-state index contributed by atoms with van der Waals surface area (Å²) in [4.78, 5) is 54.7. The van der Waals surface area contributed by atoms with Crippen LogP contribution in [0.25, 0.3) is 0 Å². The first-order valence-corrected chi connectivity index (χ1v) is 15.0. The molecule has 2 aromatic carbocycles. The maximum Gasteiger partial charge on any atom is 0.338 e. The van der Waals surface area contributed by atoms with Crippen molar-refractivity contribution in [1.82, 2.24) is 4.90 Å². The molecule has 218 valence electrons. The van der Waals surface area contributed by atoms with E-state index in [4.69, 9.17) is 27.9 Å². The molecule has 1 saturated carbocycles. The standard InChI is InChI=1S/C29H26Cl2N4O6S/c1-14-24(26(36)32-20-8-5-16(27(37)41-2)9-22(20)35(39)40)25(23-11-18(31)13-42-23)29(34(14)12-15-3-4-15)19-7-6-17(30)10-21(19)33-28(29)38/h5-11,13-15,24-25H,3-4,12H2,1-2H3,(H,32,36)(H,33,38)/t14-,24+,25-,29+/m0/s1. The molecule has 6 rings (SSSR count). The minimum absolute atomic E-state index is 0.0185. The van der Waals surface area contributed by atoms with Gasteiger partial charge < -0.3 is 15.4 Å². The third-order valence-electron chi connectivity index (χ3n) is 8.48. The van der Waals surface area contributed by atoms with E-state index >= 15 is 0 Å². The summed E-state index contributed by atoms with van der Waals surface area (Å²) in [5.41, 5.74) is -0.457. The van der Waals surface area contributed by atoms with Gasteiger partial charge in [0.15, 0.2) is 0 Å². The zero-order chi connectivity index (χ0) is 29.9. The molecule has 0 radical (unpaired) electrons. The lowest BCUT2D eigenvalue weighted by molar-refractivity contribution is -0.384. The van der Waals surface area contributed by atoms with Gasteiger partial charge >= 0.3 is 5.97 Å². The second-order valence-corrected chi connectivity index (χ2v) is 12.7. The Hall–Kier alpha value is -3.51. The van der Waals surface area contributed by atoms with Gasteiger partial charge in [-0.3, -0.25) is 24.6 Å². The Balaban J connectivity index is 1.49. The number of likely N-dealkylation sites (tertiary alicyclic amines) is 1. The van der Waals surface area contributed by atoms with Gasteiger partial charge in [-0.15, -0.1) is 11.3 Å². The molecule has 42 heavy (non-hydrogen) atoms. The van der Waals surface area contributed by atoms with Gasteiger partial charge in [0.1, 0.15) is 11.2 Å². The third-order valence-corrected chi connectivity index (χ3v) is 10.1. The summed E-state index contributed by atoms with van der Waals surface area (Å²) >= 11 is 14.1. The minimum atomic E-state index is -1.24. The monoisotopic (exact) mass is 628 g/mol. The molecule has 1 aromatic heterocycles. The number of carbonyl (C=O) groups is 3. The van der Waals surface area contributed by atoms with Crippen molar-refractivity contribution in [2.45, 2.75) is 37.3 Å². The number of nitrogens with one attached hydrogen (secondary N) is 2. The lowest BCUT2D eigenvalue weighted by Gasteiger charge is -2.39. The Kier molecular flexibility index (Phi) is 7.25. The van der Waals surface area contributed by atoms with E-state index in [-0.39, 0.29) is 17.2 Å². The van der Waals surface area contributed by atoms with E-state index in [0.29, 0.717) is 28.2 Å². The molecular formula is C29H26Cl2N4O6S. The lowest BCUT2D eigenvalue weighted by atomic mass is 9.73. The smallest absolute Gasteiger partial charge is 0.338 e. The van der Waals surface area contributed by atoms with Crippen LogP contribution in [-0.2, 0) is 19.9 Å². The molecular weight excluding hydrogens is 603 g/mol. The van der Waals surface area contributed by atoms with Gasteiger partial charge in [-0.25, -0.2) is 4.79 Å². The van der Waals surface area contributed by atoms with Gasteiger partial charge in [0.25, 0.3) is 5.69 Å². The molecule has 0 bridgehead atoms. The Morgan fingerprint density at radius 1 is 1.19 bits per heavy atom. The molecule has 1 saturated heterocycles. The molecule has 2 amide bonds. The largest absolute Gasteiger partial charge is 0.465 e. The fourth-order valence-electron chi connectivity index (χ4n) is 6.50. The summed E-state index contributed by atoms with van der Waals surface area (Å²) in [6.45, 7) is 2.52. The summed E-state index contributed by atoms with van der Waals surface area (Å²) in [7, 11) is 1.18. The van der Waals surface area contributed by atoms with E-state index in [1.807, 2.05) is 13.0 Å². The number of nitro benzene ring substituents is 1. The molecule has 2 fully saturated rings. The molecule has 4 atom stereocenters. The summed E-state index contributed by atoms with van der Waals surface area (Å²) in [5.74, 6) is -2.57. The van der Waals surface area contributed by atoms with Crippen LogP contribution in [0.3, 0.4) is 0 Å².